The van der Waals surface area contributed by atoms with E-state index in [1.807, 2.05) is 0 Å². The molecule has 0 aliphatic carbocycles. The van der Waals surface area contributed by atoms with Crippen molar-refractivity contribution < 1.29 is 18.0 Å². The summed E-state index contributed by atoms with van der Waals surface area (Å²) >= 11 is 0. The van der Waals surface area contributed by atoms with Gasteiger partial charge >= 0.3 is 6.18 Å². The summed E-state index contributed by atoms with van der Waals surface area (Å²) in [5.41, 5.74) is -2.05. The van der Waals surface area contributed by atoms with Crippen LogP contribution in [0.2, 0.25) is 0 Å². The van der Waals surface area contributed by atoms with Gasteiger partial charge in [0.05, 0.1) is 23.6 Å². The van der Waals surface area contributed by atoms with Crippen LogP contribution in [0.15, 0.2) is 12.1 Å². The molecule has 0 fully saturated rings. The third-order valence-corrected chi connectivity index (χ3v) is 2.15. The molecule has 0 amide bonds. The molecule has 0 spiro atoms. The lowest BCUT2D eigenvalue weighted by Gasteiger charge is -2.13. The minimum Gasteiger partial charge on any atom is -0.298 e. The molecule has 0 atom stereocenters. The molecule has 6 heteroatoms. The molecule has 0 bridgehead atoms. The van der Waals surface area contributed by atoms with E-state index in [1.54, 1.807) is 6.07 Å². The molecule has 0 N–H and O–H groups in total. The molecule has 1 aromatic rings. The standard InChI is InChI=1S/C11H5F3N2O/c12-11(13,14)10-2-1-7(6-17)9(5-16)8(10)3-4-15/h1-2,6H,3H2. The van der Waals surface area contributed by atoms with E-state index < -0.39 is 29.3 Å². The largest absolute Gasteiger partial charge is 0.416 e. The van der Waals surface area contributed by atoms with Gasteiger partial charge in [-0.05, 0) is 17.7 Å². The Balaban J connectivity index is 3.61. The molecular weight excluding hydrogens is 233 g/mol. The van der Waals surface area contributed by atoms with Crippen LogP contribution in [0, 0.1) is 22.7 Å². The van der Waals surface area contributed by atoms with E-state index in [-0.39, 0.29) is 5.56 Å². The van der Waals surface area contributed by atoms with Gasteiger partial charge in [-0.25, -0.2) is 0 Å². The van der Waals surface area contributed by atoms with Gasteiger partial charge in [0.2, 0.25) is 0 Å². The number of carbonyl (C=O) groups excluding carboxylic acids is 1. The molecule has 1 aromatic carbocycles. The first-order valence-corrected chi connectivity index (χ1v) is 4.41. The number of hydrogen-bond acceptors (Lipinski definition) is 3. The number of benzene rings is 1. The first-order valence-electron chi connectivity index (χ1n) is 4.41. The quantitative estimate of drug-likeness (QED) is 0.743. The normalized spacial score (nSPS) is 10.4. The maximum absolute atomic E-state index is 12.6. The van der Waals surface area contributed by atoms with Gasteiger partial charge in [0, 0.05) is 5.56 Å². The maximum Gasteiger partial charge on any atom is 0.416 e. The lowest BCUT2D eigenvalue weighted by atomic mass is 9.95. The van der Waals surface area contributed by atoms with E-state index in [2.05, 4.69) is 0 Å². The summed E-state index contributed by atoms with van der Waals surface area (Å²) in [4.78, 5) is 10.6. The molecule has 0 aromatic heterocycles. The van der Waals surface area contributed by atoms with Gasteiger partial charge in [-0.15, -0.1) is 0 Å². The Kier molecular flexibility index (Phi) is 3.49. The summed E-state index contributed by atoms with van der Waals surface area (Å²) < 4.78 is 37.8. The third-order valence-electron chi connectivity index (χ3n) is 2.15. The molecule has 0 saturated carbocycles. The van der Waals surface area contributed by atoms with Gasteiger partial charge in [-0.1, -0.05) is 0 Å². The van der Waals surface area contributed by atoms with E-state index in [9.17, 15) is 18.0 Å². The molecule has 0 aliphatic rings. The molecule has 0 radical (unpaired) electrons. The number of hydrogen-bond donors (Lipinski definition) is 0. The van der Waals surface area contributed by atoms with Crippen molar-refractivity contribution in [1.82, 2.24) is 0 Å². The van der Waals surface area contributed by atoms with Crippen molar-refractivity contribution in [1.29, 1.82) is 10.5 Å². The Morgan fingerprint density at radius 2 is 1.94 bits per heavy atom. The molecule has 0 aliphatic heterocycles. The zero-order valence-corrected chi connectivity index (χ0v) is 8.38. The van der Waals surface area contributed by atoms with Crippen molar-refractivity contribution in [2.75, 3.05) is 0 Å². The average Bonchev–Trinajstić information content (AvgIpc) is 2.27. The fraction of sp³-hybridized carbons (Fsp3) is 0.182. The Labute approximate surface area is 94.7 Å². The summed E-state index contributed by atoms with van der Waals surface area (Å²) in [6.45, 7) is 0. The molecule has 86 valence electrons. The number of alkyl halides is 3. The molecule has 0 unspecified atom stereocenters. The van der Waals surface area contributed by atoms with Crippen LogP contribution in [0.3, 0.4) is 0 Å². The Hall–Kier alpha value is -2.34. The Bertz CT molecular complexity index is 535. The lowest BCUT2D eigenvalue weighted by Crippen LogP contribution is -2.11. The Morgan fingerprint density at radius 1 is 1.29 bits per heavy atom. The summed E-state index contributed by atoms with van der Waals surface area (Å²) in [5.74, 6) is 0. The second-order valence-electron chi connectivity index (χ2n) is 3.12. The van der Waals surface area contributed by atoms with Crippen LogP contribution >= 0.6 is 0 Å². The predicted molar refractivity (Wildman–Crippen MR) is 50.9 cm³/mol. The van der Waals surface area contributed by atoms with Gasteiger partial charge < -0.3 is 0 Å². The second kappa shape index (κ2) is 4.67. The smallest absolute Gasteiger partial charge is 0.298 e. The fourth-order valence-electron chi connectivity index (χ4n) is 1.42. The highest BCUT2D eigenvalue weighted by Gasteiger charge is 2.34. The van der Waals surface area contributed by atoms with E-state index >= 15 is 0 Å². The number of nitrogens with zero attached hydrogens (tertiary/aromatic N) is 2. The highest BCUT2D eigenvalue weighted by atomic mass is 19.4. The topological polar surface area (TPSA) is 64.7 Å². The second-order valence-corrected chi connectivity index (χ2v) is 3.12. The van der Waals surface area contributed by atoms with Crippen LogP contribution in [0.5, 0.6) is 0 Å². The lowest BCUT2D eigenvalue weighted by molar-refractivity contribution is -0.138. The van der Waals surface area contributed by atoms with Crippen LogP contribution < -0.4 is 0 Å². The number of rotatable bonds is 2. The van der Waals surface area contributed by atoms with Crippen molar-refractivity contribution in [3.05, 3.63) is 34.4 Å². The number of halogens is 3. The van der Waals surface area contributed by atoms with Crippen molar-refractivity contribution in [3.8, 4) is 12.1 Å². The number of aldehydes is 1. The van der Waals surface area contributed by atoms with E-state index in [0.29, 0.717) is 12.4 Å². The van der Waals surface area contributed by atoms with Gasteiger partial charge in [0.15, 0.2) is 6.29 Å². The number of nitriles is 2. The van der Waals surface area contributed by atoms with Crippen LogP contribution in [-0.4, -0.2) is 6.29 Å². The predicted octanol–water partition coefficient (Wildman–Crippen LogP) is 2.46. The van der Waals surface area contributed by atoms with Crippen molar-refractivity contribution >= 4 is 6.29 Å². The summed E-state index contributed by atoms with van der Waals surface area (Å²) in [7, 11) is 0. The minimum atomic E-state index is -4.65. The molecule has 17 heavy (non-hydrogen) atoms. The van der Waals surface area contributed by atoms with Crippen LogP contribution in [0.4, 0.5) is 13.2 Å². The van der Waals surface area contributed by atoms with Gasteiger partial charge in [-0.2, -0.15) is 23.7 Å². The molecule has 0 saturated heterocycles. The Morgan fingerprint density at radius 3 is 2.35 bits per heavy atom. The molecule has 0 heterocycles. The van der Waals surface area contributed by atoms with E-state index in [4.69, 9.17) is 10.5 Å². The minimum absolute atomic E-state index is 0.147. The third kappa shape index (κ3) is 2.43. The van der Waals surface area contributed by atoms with E-state index in [1.165, 1.54) is 6.07 Å². The van der Waals surface area contributed by atoms with Gasteiger partial charge in [0.1, 0.15) is 6.07 Å². The van der Waals surface area contributed by atoms with Crippen LogP contribution in [0.1, 0.15) is 27.0 Å². The number of carbonyl (C=O) groups is 1. The molecule has 1 rings (SSSR count). The van der Waals surface area contributed by atoms with Crippen LogP contribution in [0.25, 0.3) is 0 Å². The van der Waals surface area contributed by atoms with Crippen LogP contribution in [-0.2, 0) is 12.6 Å². The van der Waals surface area contributed by atoms with Gasteiger partial charge in [0.25, 0.3) is 0 Å². The highest BCUT2D eigenvalue weighted by molar-refractivity contribution is 5.80. The zero-order valence-electron chi connectivity index (χ0n) is 8.38. The molecule has 3 nitrogen and oxygen atoms in total. The SMILES string of the molecule is N#CCc1c(C(F)(F)F)ccc(C=O)c1C#N. The van der Waals surface area contributed by atoms with Crippen molar-refractivity contribution in [3.63, 3.8) is 0 Å². The van der Waals surface area contributed by atoms with Crippen molar-refractivity contribution in [2.45, 2.75) is 12.6 Å². The first kappa shape index (κ1) is 12.7. The summed E-state index contributed by atoms with van der Waals surface area (Å²) in [6.07, 6.45) is -4.93. The molecular formula is C11H5F3N2O. The van der Waals surface area contributed by atoms with Gasteiger partial charge in [-0.3, -0.25) is 4.79 Å². The van der Waals surface area contributed by atoms with Crippen molar-refractivity contribution in [2.24, 2.45) is 0 Å². The monoisotopic (exact) mass is 238 g/mol. The van der Waals surface area contributed by atoms with E-state index in [0.717, 1.165) is 6.07 Å². The summed E-state index contributed by atoms with van der Waals surface area (Å²) in [6, 6.07) is 4.72. The highest BCUT2D eigenvalue weighted by Crippen LogP contribution is 2.34. The average molecular weight is 238 g/mol. The maximum atomic E-state index is 12.6. The first-order chi connectivity index (χ1) is 7.95. The summed E-state index contributed by atoms with van der Waals surface area (Å²) in [5, 5.41) is 17.2. The fourth-order valence-corrected chi connectivity index (χ4v) is 1.42. The zero-order chi connectivity index (χ0) is 13.1.